The van der Waals surface area contributed by atoms with Crippen molar-refractivity contribution >= 4 is 11.8 Å². The average molecular weight is 370 g/mol. The number of hydrogen-bond acceptors (Lipinski definition) is 5. The molecule has 0 saturated heterocycles. The first-order chi connectivity index (χ1) is 13.7. The predicted octanol–water partition coefficient (Wildman–Crippen LogP) is 4.29. The molecule has 3 aromatic heterocycles. The third-order valence-electron chi connectivity index (χ3n) is 4.36. The molecule has 4 rings (SSSR count). The van der Waals surface area contributed by atoms with Gasteiger partial charge in [-0.2, -0.15) is 0 Å². The molecule has 0 saturated carbocycles. The van der Waals surface area contributed by atoms with Gasteiger partial charge < -0.3 is 4.52 Å². The van der Waals surface area contributed by atoms with Crippen molar-refractivity contribution in [2.24, 2.45) is 0 Å². The second kappa shape index (κ2) is 7.84. The molecule has 0 aliphatic rings. The fourth-order valence-corrected chi connectivity index (χ4v) is 3.01. The molecule has 1 aromatic carbocycles. The highest BCUT2D eigenvalue weighted by molar-refractivity contribution is 5.97. The molecule has 0 aliphatic heterocycles. The Labute approximate surface area is 162 Å². The number of nitrogens with zero attached hydrogens (tertiary/aromatic N) is 3. The van der Waals surface area contributed by atoms with Crippen LogP contribution in [0.25, 0.3) is 22.5 Å². The van der Waals surface area contributed by atoms with Crippen LogP contribution in [0.5, 0.6) is 0 Å². The molecule has 1 amide bonds. The van der Waals surface area contributed by atoms with Crippen molar-refractivity contribution in [2.75, 3.05) is 5.32 Å². The Bertz CT molecular complexity index is 1090. The molecule has 6 heteroatoms. The van der Waals surface area contributed by atoms with Crippen LogP contribution < -0.4 is 5.32 Å². The number of carbonyl (C=O) groups excluding carboxylic acids is 1. The van der Waals surface area contributed by atoms with Crippen molar-refractivity contribution in [3.05, 3.63) is 84.3 Å². The Kier molecular flexibility index (Phi) is 4.93. The van der Waals surface area contributed by atoms with Gasteiger partial charge in [0.1, 0.15) is 5.69 Å². The third-order valence-corrected chi connectivity index (χ3v) is 4.36. The van der Waals surface area contributed by atoms with Crippen molar-refractivity contribution in [1.29, 1.82) is 0 Å². The Hall–Kier alpha value is -3.80. The molecular weight excluding hydrogens is 352 g/mol. The molecule has 3 heterocycles. The maximum Gasteiger partial charge on any atom is 0.239 e. The van der Waals surface area contributed by atoms with Gasteiger partial charge >= 0.3 is 0 Å². The zero-order chi connectivity index (χ0) is 19.3. The molecule has 1 N–H and O–H groups in total. The number of carbonyl (C=O) groups is 1. The number of aryl methyl sites for hydroxylation is 1. The lowest BCUT2D eigenvalue weighted by Gasteiger charge is -2.07. The molecule has 0 spiro atoms. The van der Waals surface area contributed by atoms with Crippen molar-refractivity contribution in [3.8, 4) is 22.5 Å². The summed E-state index contributed by atoms with van der Waals surface area (Å²) in [4.78, 5) is 21.1. The summed E-state index contributed by atoms with van der Waals surface area (Å²) in [7, 11) is 0. The quantitative estimate of drug-likeness (QED) is 0.567. The predicted molar refractivity (Wildman–Crippen MR) is 106 cm³/mol. The van der Waals surface area contributed by atoms with Crippen LogP contribution in [0.1, 0.15) is 11.1 Å². The highest BCUT2D eigenvalue weighted by Crippen LogP contribution is 2.37. The molecule has 6 nitrogen and oxygen atoms in total. The zero-order valence-electron chi connectivity index (χ0n) is 15.3. The summed E-state index contributed by atoms with van der Waals surface area (Å²) in [5, 5.41) is 7.06. The Morgan fingerprint density at radius 2 is 1.75 bits per heavy atom. The van der Waals surface area contributed by atoms with Gasteiger partial charge in [-0.25, -0.2) is 0 Å². The molecule has 0 aliphatic carbocycles. The number of aromatic nitrogens is 3. The van der Waals surface area contributed by atoms with Crippen LogP contribution in [0.15, 0.2) is 77.7 Å². The standard InChI is InChI=1S/C22H18N4O2/c1-15-6-5-11-24-20(15)21-19(17-9-12-23-13-10-17)22(28-26-21)25-18(27)14-16-7-3-2-4-8-16/h2-13H,14H2,1H3,(H,25,27). The van der Waals surface area contributed by atoms with Crippen molar-refractivity contribution < 1.29 is 9.32 Å². The monoisotopic (exact) mass is 370 g/mol. The van der Waals surface area contributed by atoms with Crippen LogP contribution >= 0.6 is 0 Å². The lowest BCUT2D eigenvalue weighted by Crippen LogP contribution is -2.14. The van der Waals surface area contributed by atoms with E-state index in [9.17, 15) is 4.79 Å². The van der Waals surface area contributed by atoms with Gasteiger partial charge in [0.2, 0.25) is 11.8 Å². The minimum absolute atomic E-state index is 0.179. The molecule has 0 bridgehead atoms. The Balaban J connectivity index is 1.72. The van der Waals surface area contributed by atoms with E-state index < -0.39 is 0 Å². The van der Waals surface area contributed by atoms with Crippen LogP contribution in [-0.4, -0.2) is 21.0 Å². The molecule has 28 heavy (non-hydrogen) atoms. The minimum atomic E-state index is -0.179. The second-order valence-electron chi connectivity index (χ2n) is 6.35. The highest BCUT2D eigenvalue weighted by Gasteiger charge is 2.22. The van der Waals surface area contributed by atoms with E-state index in [1.165, 1.54) is 0 Å². The molecular formula is C22H18N4O2. The van der Waals surface area contributed by atoms with Crippen molar-refractivity contribution in [1.82, 2.24) is 15.1 Å². The highest BCUT2D eigenvalue weighted by atomic mass is 16.5. The molecule has 138 valence electrons. The van der Waals surface area contributed by atoms with Gasteiger partial charge in [0, 0.05) is 18.6 Å². The van der Waals surface area contributed by atoms with E-state index in [1.807, 2.05) is 61.5 Å². The summed E-state index contributed by atoms with van der Waals surface area (Å²) in [6, 6.07) is 17.1. The number of pyridine rings is 2. The van der Waals surface area contributed by atoms with Gasteiger partial charge in [-0.3, -0.25) is 20.1 Å². The molecule has 0 radical (unpaired) electrons. The van der Waals surface area contributed by atoms with Gasteiger partial charge in [0.25, 0.3) is 0 Å². The second-order valence-corrected chi connectivity index (χ2v) is 6.35. The van der Waals surface area contributed by atoms with E-state index in [1.54, 1.807) is 18.6 Å². The SMILES string of the molecule is Cc1cccnc1-c1noc(NC(=O)Cc2ccccc2)c1-c1ccncc1. The number of hydrogen-bond donors (Lipinski definition) is 1. The fraction of sp³-hybridized carbons (Fsp3) is 0.0909. The van der Waals surface area contributed by atoms with E-state index in [0.29, 0.717) is 22.8 Å². The number of nitrogens with one attached hydrogen (secondary N) is 1. The van der Waals surface area contributed by atoms with E-state index in [4.69, 9.17) is 4.52 Å². The number of rotatable bonds is 5. The number of anilines is 1. The van der Waals surface area contributed by atoms with Crippen molar-refractivity contribution in [3.63, 3.8) is 0 Å². The topological polar surface area (TPSA) is 80.9 Å². The number of amides is 1. The van der Waals surface area contributed by atoms with Crippen LogP contribution in [0.3, 0.4) is 0 Å². The summed E-state index contributed by atoms with van der Waals surface area (Å²) in [6.45, 7) is 1.96. The maximum atomic E-state index is 12.6. The molecule has 4 aromatic rings. The van der Waals surface area contributed by atoms with Gasteiger partial charge in [-0.15, -0.1) is 0 Å². The van der Waals surface area contributed by atoms with Gasteiger partial charge in [0.05, 0.1) is 17.7 Å². The van der Waals surface area contributed by atoms with E-state index in [0.717, 1.165) is 16.7 Å². The lowest BCUT2D eigenvalue weighted by molar-refractivity contribution is -0.115. The largest absolute Gasteiger partial charge is 0.337 e. The first kappa shape index (κ1) is 17.6. The normalized spacial score (nSPS) is 10.6. The average Bonchev–Trinajstić information content (AvgIpc) is 3.13. The maximum absolute atomic E-state index is 12.6. The zero-order valence-corrected chi connectivity index (χ0v) is 15.3. The van der Waals surface area contributed by atoms with E-state index >= 15 is 0 Å². The first-order valence-corrected chi connectivity index (χ1v) is 8.88. The summed E-state index contributed by atoms with van der Waals surface area (Å²) in [5.74, 6) is 0.120. The Morgan fingerprint density at radius 1 is 0.964 bits per heavy atom. The summed E-state index contributed by atoms with van der Waals surface area (Å²) >= 11 is 0. The van der Waals surface area contributed by atoms with Crippen LogP contribution in [0.4, 0.5) is 5.88 Å². The van der Waals surface area contributed by atoms with Gasteiger partial charge in [-0.1, -0.05) is 41.6 Å². The number of benzene rings is 1. The summed E-state index contributed by atoms with van der Waals surface area (Å²) < 4.78 is 5.53. The fourth-order valence-electron chi connectivity index (χ4n) is 3.01. The van der Waals surface area contributed by atoms with Crippen LogP contribution in [0.2, 0.25) is 0 Å². The van der Waals surface area contributed by atoms with Crippen LogP contribution in [0, 0.1) is 6.92 Å². The third kappa shape index (κ3) is 3.66. The lowest BCUT2D eigenvalue weighted by atomic mass is 10.0. The Morgan fingerprint density at radius 3 is 2.50 bits per heavy atom. The van der Waals surface area contributed by atoms with Crippen molar-refractivity contribution in [2.45, 2.75) is 13.3 Å². The summed E-state index contributed by atoms with van der Waals surface area (Å²) in [5.41, 5.74) is 4.71. The molecule has 0 unspecified atom stereocenters. The molecule has 0 fully saturated rings. The summed E-state index contributed by atoms with van der Waals surface area (Å²) in [6.07, 6.45) is 5.33. The minimum Gasteiger partial charge on any atom is -0.337 e. The van der Waals surface area contributed by atoms with Gasteiger partial charge in [-0.05, 0) is 41.8 Å². The van der Waals surface area contributed by atoms with Gasteiger partial charge in [0.15, 0.2) is 0 Å². The smallest absolute Gasteiger partial charge is 0.239 e. The first-order valence-electron chi connectivity index (χ1n) is 8.88. The van der Waals surface area contributed by atoms with E-state index in [-0.39, 0.29) is 12.3 Å². The molecule has 0 atom stereocenters. The van der Waals surface area contributed by atoms with Crippen LogP contribution in [-0.2, 0) is 11.2 Å². The van der Waals surface area contributed by atoms with E-state index in [2.05, 4.69) is 20.4 Å².